The molecule has 0 aromatic heterocycles. The van der Waals surface area contributed by atoms with Gasteiger partial charge in [-0.3, -0.25) is 4.79 Å². The fourth-order valence-corrected chi connectivity index (χ4v) is 1.79. The molecule has 7 heteroatoms. The van der Waals surface area contributed by atoms with Crippen LogP contribution in [0.15, 0.2) is 18.2 Å². The maximum atomic E-state index is 13.1. The summed E-state index contributed by atoms with van der Waals surface area (Å²) in [5.41, 5.74) is -1.47. The number of ketones is 1. The van der Waals surface area contributed by atoms with Crippen LogP contribution in [0.25, 0.3) is 0 Å². The van der Waals surface area contributed by atoms with E-state index in [4.69, 9.17) is 4.74 Å². The molecule has 0 aliphatic rings. The standard InChI is InChI=1S/C15H16F4O3/c1-10(20)5-3-2-4-6-14(21)22-11-7-8-13(16)12(9-11)15(17,18)19/h7-9H,2-6H2,1H3. The minimum atomic E-state index is -4.85. The number of halogens is 4. The molecule has 0 radical (unpaired) electrons. The molecule has 0 aliphatic heterocycles. The Balaban J connectivity index is 2.50. The van der Waals surface area contributed by atoms with E-state index in [1.165, 1.54) is 6.92 Å². The average Bonchev–Trinajstić information content (AvgIpc) is 2.39. The highest BCUT2D eigenvalue weighted by atomic mass is 19.4. The molecule has 0 atom stereocenters. The summed E-state index contributed by atoms with van der Waals surface area (Å²) in [6.45, 7) is 1.47. The fraction of sp³-hybridized carbons (Fsp3) is 0.467. The molecule has 1 aromatic rings. The summed E-state index contributed by atoms with van der Waals surface area (Å²) in [6, 6.07) is 2.04. The van der Waals surface area contributed by atoms with Gasteiger partial charge >= 0.3 is 12.1 Å². The van der Waals surface area contributed by atoms with Crippen molar-refractivity contribution >= 4 is 11.8 Å². The molecular weight excluding hydrogens is 304 g/mol. The summed E-state index contributed by atoms with van der Waals surface area (Å²) in [5, 5.41) is 0. The molecular formula is C15H16F4O3. The van der Waals surface area contributed by atoms with Crippen LogP contribution in [-0.4, -0.2) is 11.8 Å². The van der Waals surface area contributed by atoms with Gasteiger partial charge in [0.2, 0.25) is 0 Å². The van der Waals surface area contributed by atoms with Gasteiger partial charge in [0.05, 0.1) is 5.56 Å². The highest BCUT2D eigenvalue weighted by Gasteiger charge is 2.34. The Morgan fingerprint density at radius 3 is 2.32 bits per heavy atom. The molecule has 0 saturated heterocycles. The average molecular weight is 320 g/mol. The smallest absolute Gasteiger partial charge is 0.419 e. The molecule has 0 heterocycles. The Bertz CT molecular complexity index is 538. The van der Waals surface area contributed by atoms with Crippen LogP contribution in [0, 0.1) is 5.82 Å². The molecule has 0 bridgehead atoms. The lowest BCUT2D eigenvalue weighted by Gasteiger charge is -2.10. The Morgan fingerprint density at radius 1 is 1.09 bits per heavy atom. The molecule has 0 spiro atoms. The van der Waals surface area contributed by atoms with Gasteiger partial charge in [0.25, 0.3) is 0 Å². The minimum Gasteiger partial charge on any atom is -0.427 e. The fourth-order valence-electron chi connectivity index (χ4n) is 1.79. The number of Topliss-reactive ketones (excluding diaryl/α,β-unsaturated/α-hetero) is 1. The number of carbonyl (C=O) groups is 2. The van der Waals surface area contributed by atoms with Gasteiger partial charge in [0.1, 0.15) is 17.3 Å². The van der Waals surface area contributed by atoms with Gasteiger partial charge < -0.3 is 9.53 Å². The van der Waals surface area contributed by atoms with Crippen molar-refractivity contribution in [2.24, 2.45) is 0 Å². The highest BCUT2D eigenvalue weighted by Crippen LogP contribution is 2.33. The first-order valence-electron chi connectivity index (χ1n) is 6.77. The van der Waals surface area contributed by atoms with Crippen molar-refractivity contribution in [3.63, 3.8) is 0 Å². The van der Waals surface area contributed by atoms with Gasteiger partial charge in [-0.2, -0.15) is 13.2 Å². The molecule has 122 valence electrons. The molecule has 3 nitrogen and oxygen atoms in total. The van der Waals surface area contributed by atoms with Gasteiger partial charge in [-0.1, -0.05) is 6.42 Å². The van der Waals surface area contributed by atoms with Crippen molar-refractivity contribution in [1.29, 1.82) is 0 Å². The third-order valence-electron chi connectivity index (χ3n) is 2.88. The van der Waals surface area contributed by atoms with Crippen LogP contribution in [0.4, 0.5) is 17.6 Å². The van der Waals surface area contributed by atoms with Crippen molar-refractivity contribution in [2.75, 3.05) is 0 Å². The molecule has 0 N–H and O–H groups in total. The Morgan fingerprint density at radius 2 is 1.73 bits per heavy atom. The third kappa shape index (κ3) is 6.24. The van der Waals surface area contributed by atoms with Gasteiger partial charge in [0, 0.05) is 12.8 Å². The van der Waals surface area contributed by atoms with Crippen molar-refractivity contribution in [2.45, 2.75) is 45.2 Å². The second-order valence-corrected chi connectivity index (χ2v) is 4.88. The third-order valence-corrected chi connectivity index (χ3v) is 2.88. The summed E-state index contributed by atoms with van der Waals surface area (Å²) in [4.78, 5) is 22.2. The van der Waals surface area contributed by atoms with Gasteiger partial charge in [-0.25, -0.2) is 4.39 Å². The second kappa shape index (κ2) is 7.91. The molecule has 0 amide bonds. The number of alkyl halides is 3. The minimum absolute atomic E-state index is 0.0244. The number of benzene rings is 1. The van der Waals surface area contributed by atoms with E-state index in [9.17, 15) is 27.2 Å². The monoisotopic (exact) mass is 320 g/mol. The first kappa shape index (κ1) is 18.1. The van der Waals surface area contributed by atoms with E-state index >= 15 is 0 Å². The SMILES string of the molecule is CC(=O)CCCCCC(=O)Oc1ccc(F)c(C(F)(F)F)c1. The van der Waals surface area contributed by atoms with Crippen LogP contribution in [0.5, 0.6) is 5.75 Å². The van der Waals surface area contributed by atoms with Crippen LogP contribution < -0.4 is 4.74 Å². The Labute approximate surface area is 125 Å². The van der Waals surface area contributed by atoms with E-state index in [2.05, 4.69) is 0 Å². The highest BCUT2D eigenvalue weighted by molar-refractivity contribution is 5.75. The maximum absolute atomic E-state index is 13.1. The normalized spacial score (nSPS) is 11.3. The van der Waals surface area contributed by atoms with Gasteiger partial charge in [-0.15, -0.1) is 0 Å². The zero-order valence-electron chi connectivity index (χ0n) is 12.0. The number of unbranched alkanes of at least 4 members (excludes halogenated alkanes) is 2. The molecule has 0 aliphatic carbocycles. The molecule has 1 rings (SSSR count). The summed E-state index contributed by atoms with van der Waals surface area (Å²) in [7, 11) is 0. The Hall–Kier alpha value is -1.92. The van der Waals surface area contributed by atoms with Crippen LogP contribution in [-0.2, 0) is 15.8 Å². The second-order valence-electron chi connectivity index (χ2n) is 4.88. The van der Waals surface area contributed by atoms with Crippen LogP contribution in [0.2, 0.25) is 0 Å². The first-order chi connectivity index (χ1) is 10.2. The van der Waals surface area contributed by atoms with E-state index < -0.39 is 23.5 Å². The van der Waals surface area contributed by atoms with Crippen molar-refractivity contribution in [1.82, 2.24) is 0 Å². The molecule has 1 aromatic carbocycles. The summed E-state index contributed by atoms with van der Waals surface area (Å²) < 4.78 is 55.4. The maximum Gasteiger partial charge on any atom is 0.419 e. The van der Waals surface area contributed by atoms with E-state index in [-0.39, 0.29) is 18.0 Å². The van der Waals surface area contributed by atoms with Gasteiger partial charge in [0.15, 0.2) is 0 Å². The lowest BCUT2D eigenvalue weighted by atomic mass is 10.1. The number of hydrogen-bond acceptors (Lipinski definition) is 3. The lowest BCUT2D eigenvalue weighted by molar-refractivity contribution is -0.141. The zero-order chi connectivity index (χ0) is 16.8. The van der Waals surface area contributed by atoms with E-state index in [1.54, 1.807) is 0 Å². The number of esters is 1. The van der Waals surface area contributed by atoms with Crippen LogP contribution >= 0.6 is 0 Å². The van der Waals surface area contributed by atoms with Gasteiger partial charge in [-0.05, 0) is 38.0 Å². The van der Waals surface area contributed by atoms with Crippen LogP contribution in [0.3, 0.4) is 0 Å². The number of rotatable bonds is 7. The number of hydrogen-bond donors (Lipinski definition) is 0. The van der Waals surface area contributed by atoms with Crippen molar-refractivity contribution in [3.05, 3.63) is 29.6 Å². The lowest BCUT2D eigenvalue weighted by Crippen LogP contribution is -2.11. The predicted molar refractivity (Wildman–Crippen MR) is 70.8 cm³/mol. The molecule has 0 unspecified atom stereocenters. The Kier molecular flexibility index (Phi) is 6.52. The largest absolute Gasteiger partial charge is 0.427 e. The number of ether oxygens (including phenoxy) is 1. The molecule has 0 saturated carbocycles. The van der Waals surface area contributed by atoms with E-state index in [1.807, 2.05) is 0 Å². The quantitative estimate of drug-likeness (QED) is 0.326. The zero-order valence-corrected chi connectivity index (χ0v) is 12.0. The van der Waals surface area contributed by atoms with Crippen molar-refractivity contribution in [3.8, 4) is 5.75 Å². The predicted octanol–water partition coefficient (Wildman–Crippen LogP) is 4.29. The molecule has 22 heavy (non-hydrogen) atoms. The summed E-state index contributed by atoms with van der Waals surface area (Å²) >= 11 is 0. The number of carbonyl (C=O) groups excluding carboxylic acids is 2. The van der Waals surface area contributed by atoms with Crippen LogP contribution in [0.1, 0.15) is 44.6 Å². The van der Waals surface area contributed by atoms with E-state index in [0.717, 1.165) is 6.07 Å². The topological polar surface area (TPSA) is 43.4 Å². The first-order valence-corrected chi connectivity index (χ1v) is 6.77. The molecule has 0 fully saturated rings. The van der Waals surface area contributed by atoms with Crippen molar-refractivity contribution < 1.29 is 31.9 Å². The summed E-state index contributed by atoms with van der Waals surface area (Å²) in [6.07, 6.45) is -2.62. The van der Waals surface area contributed by atoms with E-state index in [0.29, 0.717) is 37.8 Å². The summed E-state index contributed by atoms with van der Waals surface area (Å²) in [5.74, 6) is -2.39.